The van der Waals surface area contributed by atoms with Crippen molar-refractivity contribution >= 4 is 27.7 Å². The zero-order valence-electron chi connectivity index (χ0n) is 10.5. The highest BCUT2D eigenvalue weighted by molar-refractivity contribution is 9.10. The molecule has 0 spiro atoms. The molecule has 1 aliphatic rings. The number of carbonyl (C=O) groups is 2. The molecule has 2 amide bonds. The maximum absolute atomic E-state index is 12.4. The summed E-state index contributed by atoms with van der Waals surface area (Å²) in [5, 5.41) is 8.57. The van der Waals surface area contributed by atoms with Crippen molar-refractivity contribution in [3.05, 3.63) is 34.3 Å². The first-order valence-corrected chi connectivity index (χ1v) is 6.76. The molecule has 1 unspecified atom stereocenters. The molecule has 0 aliphatic carbocycles. The van der Waals surface area contributed by atoms with E-state index in [9.17, 15) is 9.59 Å². The van der Waals surface area contributed by atoms with Crippen LogP contribution in [0.2, 0.25) is 0 Å². The van der Waals surface area contributed by atoms with Crippen LogP contribution in [0.25, 0.3) is 0 Å². The van der Waals surface area contributed by atoms with Gasteiger partial charge in [0, 0.05) is 17.4 Å². The van der Waals surface area contributed by atoms with Crippen LogP contribution in [0.3, 0.4) is 0 Å². The van der Waals surface area contributed by atoms with Gasteiger partial charge in [0.1, 0.15) is 0 Å². The highest BCUT2D eigenvalue weighted by Crippen LogP contribution is 2.36. The summed E-state index contributed by atoms with van der Waals surface area (Å²) in [6, 6.07) is 9.37. The summed E-state index contributed by atoms with van der Waals surface area (Å²) in [4.78, 5) is 25.5. The Balaban J connectivity index is 2.30. The molecule has 0 N–H and O–H groups in total. The molecule has 2 rings (SSSR count). The van der Waals surface area contributed by atoms with Crippen molar-refractivity contribution in [2.24, 2.45) is 0 Å². The zero-order chi connectivity index (χ0) is 14.0. The Morgan fingerprint density at radius 3 is 2.58 bits per heavy atom. The monoisotopic (exact) mass is 320 g/mol. The van der Waals surface area contributed by atoms with Crippen LogP contribution in [0.1, 0.15) is 25.3 Å². The smallest absolute Gasteiger partial charge is 0.240 e. The Hall–Kier alpha value is -1.67. The number of nitrogens with zero attached hydrogens (tertiary/aromatic N) is 2. The highest BCUT2D eigenvalue weighted by Gasteiger charge is 2.48. The molecular weight excluding hydrogens is 308 g/mol. The molecule has 1 aromatic carbocycles. The van der Waals surface area contributed by atoms with Crippen molar-refractivity contribution in [2.45, 2.75) is 25.2 Å². The number of hydrogen-bond donors (Lipinski definition) is 0. The normalized spacial score (nSPS) is 22.7. The first-order valence-electron chi connectivity index (χ1n) is 5.97. The predicted octanol–water partition coefficient (Wildman–Crippen LogP) is 2.38. The number of rotatable bonds is 3. The molecular formula is C14H13BrN2O2. The Kier molecular flexibility index (Phi) is 3.72. The van der Waals surface area contributed by atoms with Gasteiger partial charge in [-0.05, 0) is 24.6 Å². The average Bonchev–Trinajstić information content (AvgIpc) is 2.60. The minimum atomic E-state index is -0.812. The molecule has 0 saturated carbocycles. The number of carbonyl (C=O) groups excluding carboxylic acids is 2. The van der Waals surface area contributed by atoms with Crippen molar-refractivity contribution in [3.8, 4) is 6.07 Å². The molecule has 98 valence electrons. The molecule has 0 radical (unpaired) electrons. The first kappa shape index (κ1) is 13.8. The van der Waals surface area contributed by atoms with Crippen LogP contribution in [0.5, 0.6) is 0 Å². The van der Waals surface area contributed by atoms with Gasteiger partial charge in [0.15, 0.2) is 0 Å². The number of halogens is 1. The second-order valence-corrected chi connectivity index (χ2v) is 5.69. The third-order valence-corrected chi connectivity index (χ3v) is 3.98. The standard InChI is InChI=1S/C14H13BrN2O2/c1-14(10-3-5-11(15)6-4-10)9-12(18)17(13(14)19)8-2-7-16/h3-6H,2,8-9H2,1H3. The van der Waals surface area contributed by atoms with Crippen LogP contribution in [0.15, 0.2) is 28.7 Å². The minimum absolute atomic E-state index is 0.166. The van der Waals surface area contributed by atoms with E-state index in [1.807, 2.05) is 30.3 Å². The largest absolute Gasteiger partial charge is 0.281 e. The zero-order valence-corrected chi connectivity index (χ0v) is 12.1. The molecule has 5 heteroatoms. The van der Waals surface area contributed by atoms with Gasteiger partial charge in [-0.1, -0.05) is 28.1 Å². The van der Waals surface area contributed by atoms with E-state index >= 15 is 0 Å². The predicted molar refractivity (Wildman–Crippen MR) is 73.1 cm³/mol. The Labute approximate surface area is 120 Å². The lowest BCUT2D eigenvalue weighted by atomic mass is 9.81. The van der Waals surface area contributed by atoms with Gasteiger partial charge in [0.2, 0.25) is 11.8 Å². The molecule has 1 heterocycles. The van der Waals surface area contributed by atoms with Gasteiger partial charge >= 0.3 is 0 Å². The fourth-order valence-electron chi connectivity index (χ4n) is 2.32. The Morgan fingerprint density at radius 2 is 2.00 bits per heavy atom. The second kappa shape index (κ2) is 5.14. The summed E-state index contributed by atoms with van der Waals surface area (Å²) < 4.78 is 0.929. The van der Waals surface area contributed by atoms with Crippen molar-refractivity contribution in [1.29, 1.82) is 5.26 Å². The lowest BCUT2D eigenvalue weighted by Crippen LogP contribution is -2.37. The lowest BCUT2D eigenvalue weighted by molar-refractivity contribution is -0.139. The highest BCUT2D eigenvalue weighted by atomic mass is 79.9. The second-order valence-electron chi connectivity index (χ2n) is 4.77. The fourth-order valence-corrected chi connectivity index (χ4v) is 2.58. The van der Waals surface area contributed by atoms with Gasteiger partial charge in [-0.3, -0.25) is 14.5 Å². The number of imide groups is 1. The van der Waals surface area contributed by atoms with Gasteiger partial charge in [0.05, 0.1) is 17.9 Å². The van der Waals surface area contributed by atoms with Crippen molar-refractivity contribution < 1.29 is 9.59 Å². The summed E-state index contributed by atoms with van der Waals surface area (Å²) in [7, 11) is 0. The van der Waals surface area contributed by atoms with Crippen molar-refractivity contribution in [2.75, 3.05) is 6.54 Å². The van der Waals surface area contributed by atoms with E-state index in [0.717, 1.165) is 10.0 Å². The number of likely N-dealkylation sites (tertiary alicyclic amines) is 1. The molecule has 1 aromatic rings. The average molecular weight is 321 g/mol. The summed E-state index contributed by atoms with van der Waals surface area (Å²) >= 11 is 3.35. The molecule has 1 aliphatic heterocycles. The maximum atomic E-state index is 12.4. The maximum Gasteiger partial charge on any atom is 0.240 e. The van der Waals surface area contributed by atoms with E-state index in [1.54, 1.807) is 6.92 Å². The Morgan fingerprint density at radius 1 is 1.37 bits per heavy atom. The number of benzene rings is 1. The van der Waals surface area contributed by atoms with Crippen LogP contribution < -0.4 is 0 Å². The summed E-state index contributed by atoms with van der Waals surface area (Å²) in [5.74, 6) is -0.416. The number of hydrogen-bond acceptors (Lipinski definition) is 3. The summed E-state index contributed by atoms with van der Waals surface area (Å²) in [6.07, 6.45) is 0.340. The van der Waals surface area contributed by atoms with E-state index in [2.05, 4.69) is 15.9 Å². The van der Waals surface area contributed by atoms with Gasteiger partial charge in [0.25, 0.3) is 0 Å². The SMILES string of the molecule is CC1(c2ccc(Br)cc2)CC(=O)N(CCC#N)C1=O. The van der Waals surface area contributed by atoms with E-state index in [-0.39, 0.29) is 31.2 Å². The topological polar surface area (TPSA) is 61.2 Å². The molecule has 4 nitrogen and oxygen atoms in total. The van der Waals surface area contributed by atoms with Crippen molar-refractivity contribution in [1.82, 2.24) is 4.90 Å². The molecule has 0 bridgehead atoms. The van der Waals surface area contributed by atoms with Crippen molar-refractivity contribution in [3.63, 3.8) is 0 Å². The molecule has 1 fully saturated rings. The van der Waals surface area contributed by atoms with Crippen LogP contribution in [0, 0.1) is 11.3 Å². The van der Waals surface area contributed by atoms with E-state index < -0.39 is 5.41 Å². The van der Waals surface area contributed by atoms with Crippen LogP contribution in [-0.4, -0.2) is 23.3 Å². The molecule has 0 aromatic heterocycles. The van der Waals surface area contributed by atoms with Gasteiger partial charge in [-0.25, -0.2) is 0 Å². The summed E-state index contributed by atoms with van der Waals surface area (Å²) in [6.45, 7) is 1.96. The van der Waals surface area contributed by atoms with E-state index in [1.165, 1.54) is 4.90 Å². The fraction of sp³-hybridized carbons (Fsp3) is 0.357. The molecule has 1 saturated heterocycles. The Bertz CT molecular complexity index is 562. The van der Waals surface area contributed by atoms with Crippen LogP contribution in [0.4, 0.5) is 0 Å². The van der Waals surface area contributed by atoms with E-state index in [4.69, 9.17) is 5.26 Å². The molecule has 19 heavy (non-hydrogen) atoms. The third-order valence-electron chi connectivity index (χ3n) is 3.45. The van der Waals surface area contributed by atoms with Gasteiger partial charge in [-0.15, -0.1) is 0 Å². The summed E-state index contributed by atoms with van der Waals surface area (Å²) in [5.41, 5.74) is 0.0151. The minimum Gasteiger partial charge on any atom is -0.281 e. The quantitative estimate of drug-likeness (QED) is 0.803. The third kappa shape index (κ3) is 2.41. The first-order chi connectivity index (χ1) is 8.99. The van der Waals surface area contributed by atoms with E-state index in [0.29, 0.717) is 0 Å². The number of amides is 2. The molecule has 1 atom stereocenters. The van der Waals surface area contributed by atoms with Crippen LogP contribution in [-0.2, 0) is 15.0 Å². The van der Waals surface area contributed by atoms with Crippen LogP contribution >= 0.6 is 15.9 Å². The number of nitriles is 1. The van der Waals surface area contributed by atoms with Gasteiger partial charge < -0.3 is 0 Å². The van der Waals surface area contributed by atoms with Gasteiger partial charge in [-0.2, -0.15) is 5.26 Å². The lowest BCUT2D eigenvalue weighted by Gasteiger charge is -2.22.